The number of amides is 2. The molecule has 0 bridgehead atoms. The van der Waals surface area contributed by atoms with Crippen molar-refractivity contribution in [2.75, 3.05) is 7.11 Å². The van der Waals surface area contributed by atoms with Crippen molar-refractivity contribution >= 4 is 29.2 Å². The SMILES string of the molecule is COC(=O)[C@@H](NC(=O)[C@@H](NC(=O)c1cc([N+](=O)[O-])cc([N+](=O)[O-])c1)c1ccccc1)c1ccccc1. The summed E-state index contributed by atoms with van der Waals surface area (Å²) >= 11 is 0. The molecule has 0 unspecified atom stereocenters. The second-order valence-corrected chi connectivity index (χ2v) is 7.44. The lowest BCUT2D eigenvalue weighted by molar-refractivity contribution is -0.394. The average molecular weight is 492 g/mol. The molecule has 0 spiro atoms. The number of hydrogen-bond donors (Lipinski definition) is 2. The summed E-state index contributed by atoms with van der Waals surface area (Å²) in [6.45, 7) is 0. The van der Waals surface area contributed by atoms with Crippen LogP contribution in [0, 0.1) is 20.2 Å². The summed E-state index contributed by atoms with van der Waals surface area (Å²) in [5.41, 5.74) is -0.947. The van der Waals surface area contributed by atoms with Gasteiger partial charge in [-0.05, 0) is 11.1 Å². The van der Waals surface area contributed by atoms with Gasteiger partial charge in [0.2, 0.25) is 5.91 Å². The highest BCUT2D eigenvalue weighted by atomic mass is 16.6. The van der Waals surface area contributed by atoms with Crippen LogP contribution in [0.25, 0.3) is 0 Å². The number of nitro groups is 2. The van der Waals surface area contributed by atoms with Gasteiger partial charge < -0.3 is 15.4 Å². The Morgan fingerprint density at radius 2 is 1.22 bits per heavy atom. The number of methoxy groups -OCH3 is 1. The first-order valence-electron chi connectivity index (χ1n) is 10.4. The quantitative estimate of drug-likeness (QED) is 0.261. The summed E-state index contributed by atoms with van der Waals surface area (Å²) in [6, 6.07) is 16.2. The van der Waals surface area contributed by atoms with Gasteiger partial charge in [-0.1, -0.05) is 60.7 Å². The minimum Gasteiger partial charge on any atom is -0.467 e. The van der Waals surface area contributed by atoms with Crippen LogP contribution in [0.5, 0.6) is 0 Å². The number of hydrogen-bond acceptors (Lipinski definition) is 8. The van der Waals surface area contributed by atoms with Crippen molar-refractivity contribution in [2.24, 2.45) is 0 Å². The Labute approximate surface area is 204 Å². The summed E-state index contributed by atoms with van der Waals surface area (Å²) < 4.78 is 4.81. The average Bonchev–Trinajstić information content (AvgIpc) is 2.90. The van der Waals surface area contributed by atoms with Crippen LogP contribution < -0.4 is 10.6 Å². The number of non-ortho nitro benzene ring substituents is 2. The fraction of sp³-hybridized carbons (Fsp3) is 0.125. The molecule has 0 aliphatic carbocycles. The van der Waals surface area contributed by atoms with Gasteiger partial charge >= 0.3 is 5.97 Å². The van der Waals surface area contributed by atoms with Crippen LogP contribution in [-0.4, -0.2) is 34.7 Å². The van der Waals surface area contributed by atoms with Crippen molar-refractivity contribution in [1.82, 2.24) is 10.6 Å². The normalized spacial score (nSPS) is 12.0. The van der Waals surface area contributed by atoms with E-state index in [0.29, 0.717) is 11.1 Å². The van der Waals surface area contributed by atoms with E-state index < -0.39 is 56.7 Å². The molecule has 0 radical (unpaired) electrons. The first-order chi connectivity index (χ1) is 17.2. The van der Waals surface area contributed by atoms with Gasteiger partial charge in [0.15, 0.2) is 6.04 Å². The molecule has 2 atom stereocenters. The third-order valence-corrected chi connectivity index (χ3v) is 5.11. The molecule has 0 fully saturated rings. The van der Waals surface area contributed by atoms with Crippen LogP contribution in [-0.2, 0) is 14.3 Å². The maximum Gasteiger partial charge on any atom is 0.333 e. The van der Waals surface area contributed by atoms with Gasteiger partial charge in [-0.15, -0.1) is 0 Å². The van der Waals surface area contributed by atoms with Crippen LogP contribution in [0.15, 0.2) is 78.9 Å². The molecule has 12 nitrogen and oxygen atoms in total. The Hall–Kier alpha value is -5.13. The highest BCUT2D eigenvalue weighted by molar-refractivity contribution is 5.99. The van der Waals surface area contributed by atoms with Gasteiger partial charge in [-0.3, -0.25) is 29.8 Å². The molecule has 36 heavy (non-hydrogen) atoms. The number of carbonyl (C=O) groups is 3. The van der Waals surface area contributed by atoms with Crippen LogP contribution in [0.3, 0.4) is 0 Å². The van der Waals surface area contributed by atoms with Crippen molar-refractivity contribution in [2.45, 2.75) is 12.1 Å². The topological polar surface area (TPSA) is 171 Å². The van der Waals surface area contributed by atoms with E-state index in [9.17, 15) is 34.6 Å². The number of esters is 1. The van der Waals surface area contributed by atoms with E-state index in [1.54, 1.807) is 60.7 Å². The summed E-state index contributed by atoms with van der Waals surface area (Å²) in [6.07, 6.45) is 0. The van der Waals surface area contributed by atoms with Gasteiger partial charge in [0.1, 0.15) is 6.04 Å². The zero-order valence-corrected chi connectivity index (χ0v) is 18.8. The first-order valence-corrected chi connectivity index (χ1v) is 10.4. The van der Waals surface area contributed by atoms with Gasteiger partial charge in [0.25, 0.3) is 17.3 Å². The van der Waals surface area contributed by atoms with Crippen LogP contribution in [0.4, 0.5) is 11.4 Å². The predicted octanol–water partition coefficient (Wildman–Crippen LogP) is 3.00. The maximum atomic E-state index is 13.3. The zero-order valence-electron chi connectivity index (χ0n) is 18.8. The van der Waals surface area contributed by atoms with Gasteiger partial charge in [-0.2, -0.15) is 0 Å². The molecule has 0 heterocycles. The van der Waals surface area contributed by atoms with E-state index in [0.717, 1.165) is 25.3 Å². The van der Waals surface area contributed by atoms with Gasteiger partial charge in [0, 0.05) is 12.1 Å². The Kier molecular flexibility index (Phi) is 8.02. The lowest BCUT2D eigenvalue weighted by atomic mass is 10.0. The third kappa shape index (κ3) is 6.05. The number of carbonyl (C=O) groups excluding carboxylic acids is 3. The predicted molar refractivity (Wildman–Crippen MR) is 126 cm³/mol. The second kappa shape index (κ2) is 11.3. The number of nitro benzene ring substituents is 2. The lowest BCUT2D eigenvalue weighted by Crippen LogP contribution is -2.43. The summed E-state index contributed by atoms with van der Waals surface area (Å²) in [5, 5.41) is 27.4. The largest absolute Gasteiger partial charge is 0.467 e. The third-order valence-electron chi connectivity index (χ3n) is 5.11. The van der Waals surface area contributed by atoms with E-state index in [1.165, 1.54) is 0 Å². The smallest absolute Gasteiger partial charge is 0.333 e. The number of ether oxygens (including phenoxy) is 1. The Morgan fingerprint density at radius 3 is 1.67 bits per heavy atom. The van der Waals surface area contributed by atoms with Gasteiger partial charge in [-0.25, -0.2) is 4.79 Å². The highest BCUT2D eigenvalue weighted by Crippen LogP contribution is 2.24. The van der Waals surface area contributed by atoms with Crippen molar-refractivity contribution in [3.05, 3.63) is 116 Å². The molecule has 0 aliphatic heterocycles. The molecular weight excluding hydrogens is 472 g/mol. The Balaban J connectivity index is 1.96. The van der Waals surface area contributed by atoms with Gasteiger partial charge in [0.05, 0.1) is 28.6 Å². The standard InChI is InChI=1S/C24H20N4O8/c1-36-24(31)21(16-10-6-3-7-11-16)26-23(30)20(15-8-4-2-5-9-15)25-22(29)17-12-18(27(32)33)14-19(13-17)28(34)35/h2-14,20-21H,1H3,(H,25,29)(H,26,30)/t20-,21-/m0/s1. The van der Waals surface area contributed by atoms with Crippen molar-refractivity contribution in [3.63, 3.8) is 0 Å². The molecule has 0 saturated carbocycles. The second-order valence-electron chi connectivity index (χ2n) is 7.44. The van der Waals surface area contributed by atoms with E-state index in [4.69, 9.17) is 4.74 Å². The minimum atomic E-state index is -1.35. The molecule has 12 heteroatoms. The van der Waals surface area contributed by atoms with E-state index in [1.807, 2.05) is 0 Å². The lowest BCUT2D eigenvalue weighted by Gasteiger charge is -2.23. The molecule has 0 aromatic heterocycles. The first kappa shape index (κ1) is 25.5. The molecule has 3 aromatic carbocycles. The number of benzene rings is 3. The highest BCUT2D eigenvalue weighted by Gasteiger charge is 2.30. The molecule has 3 aromatic rings. The van der Waals surface area contributed by atoms with Crippen LogP contribution in [0.1, 0.15) is 33.6 Å². The number of rotatable bonds is 9. The Morgan fingerprint density at radius 1 is 0.750 bits per heavy atom. The van der Waals surface area contributed by atoms with Crippen molar-refractivity contribution in [1.29, 1.82) is 0 Å². The van der Waals surface area contributed by atoms with Crippen LogP contribution >= 0.6 is 0 Å². The fourth-order valence-electron chi connectivity index (χ4n) is 3.36. The molecule has 184 valence electrons. The summed E-state index contributed by atoms with van der Waals surface area (Å²) in [5.74, 6) is -2.50. The minimum absolute atomic E-state index is 0.333. The molecule has 3 rings (SSSR count). The van der Waals surface area contributed by atoms with E-state index >= 15 is 0 Å². The molecule has 2 amide bonds. The number of nitrogens with zero attached hydrogens (tertiary/aromatic N) is 2. The monoisotopic (exact) mass is 492 g/mol. The zero-order chi connectivity index (χ0) is 26.2. The van der Waals surface area contributed by atoms with Crippen molar-refractivity contribution < 1.29 is 29.0 Å². The maximum absolute atomic E-state index is 13.3. The molecule has 0 aliphatic rings. The molecular formula is C24H20N4O8. The Bertz CT molecular complexity index is 1270. The molecule has 2 N–H and O–H groups in total. The van der Waals surface area contributed by atoms with E-state index in [-0.39, 0.29) is 0 Å². The van der Waals surface area contributed by atoms with Crippen molar-refractivity contribution in [3.8, 4) is 0 Å². The summed E-state index contributed by atoms with van der Waals surface area (Å²) in [4.78, 5) is 59.4. The number of nitrogens with one attached hydrogen (secondary N) is 2. The van der Waals surface area contributed by atoms with E-state index in [2.05, 4.69) is 10.6 Å². The fourth-order valence-corrected chi connectivity index (χ4v) is 3.36. The van der Waals surface area contributed by atoms with Crippen LogP contribution in [0.2, 0.25) is 0 Å². The summed E-state index contributed by atoms with van der Waals surface area (Å²) in [7, 11) is 1.16. The molecule has 0 saturated heterocycles.